The first-order valence-electron chi connectivity index (χ1n) is 15.1. The molecule has 8 atom stereocenters. The van der Waals surface area contributed by atoms with Crippen LogP contribution in [0.3, 0.4) is 0 Å². The summed E-state index contributed by atoms with van der Waals surface area (Å²) in [5.74, 6) is -2.52. The number of ether oxygens (including phenoxy) is 4. The van der Waals surface area contributed by atoms with Gasteiger partial charge in [0, 0.05) is 29.2 Å². The molecule has 2 aromatic carbocycles. The predicted octanol–water partition coefficient (Wildman–Crippen LogP) is 4.86. The number of hydrogen-bond acceptors (Lipinski definition) is 10. The molecule has 2 fully saturated rings. The summed E-state index contributed by atoms with van der Waals surface area (Å²) in [5.41, 5.74) is 19.9. The number of aliphatic hydroxyl groups is 1. The van der Waals surface area contributed by atoms with Crippen LogP contribution in [-0.4, -0.2) is 82.5 Å². The van der Waals surface area contributed by atoms with Crippen molar-refractivity contribution >= 4 is 18.0 Å². The van der Waals surface area contributed by atoms with Crippen molar-refractivity contribution in [1.29, 1.82) is 0 Å². The van der Waals surface area contributed by atoms with Gasteiger partial charge in [-0.15, -0.1) is 0 Å². The van der Waals surface area contributed by atoms with Gasteiger partial charge in [0.25, 0.3) is 0 Å². The van der Waals surface area contributed by atoms with E-state index in [-0.39, 0.29) is 32.5 Å². The first-order valence-corrected chi connectivity index (χ1v) is 15.1. The summed E-state index contributed by atoms with van der Waals surface area (Å²) in [7, 11) is 0. The van der Waals surface area contributed by atoms with Gasteiger partial charge >= 0.3 is 18.0 Å². The van der Waals surface area contributed by atoms with Gasteiger partial charge in [0.05, 0.1) is 37.3 Å². The third-order valence-corrected chi connectivity index (χ3v) is 8.02. The van der Waals surface area contributed by atoms with Crippen LogP contribution < -0.4 is 0 Å². The van der Waals surface area contributed by atoms with Crippen LogP contribution in [0.15, 0.2) is 70.9 Å². The van der Waals surface area contributed by atoms with Crippen LogP contribution in [0, 0.1) is 5.92 Å². The number of carboxylic acid groups (broad SMARTS) is 1. The number of amides is 1. The second-order valence-corrected chi connectivity index (χ2v) is 11.4. The van der Waals surface area contributed by atoms with E-state index in [4.69, 9.17) is 24.5 Å². The number of carbonyl (C=O) groups is 3. The van der Waals surface area contributed by atoms with Gasteiger partial charge in [-0.25, -0.2) is 4.79 Å². The molecule has 2 aliphatic rings. The predicted molar refractivity (Wildman–Crippen MR) is 164 cm³/mol. The summed E-state index contributed by atoms with van der Waals surface area (Å²) < 4.78 is 23.4. The van der Waals surface area contributed by atoms with Gasteiger partial charge in [-0.05, 0) is 41.5 Å². The number of carbonyl (C=O) groups excluding carboxylic acids is 2. The van der Waals surface area contributed by atoms with Gasteiger partial charge in [-0.3, -0.25) is 9.59 Å². The number of nitrogens with zero attached hydrogens (tertiary/aromatic N) is 7. The van der Waals surface area contributed by atoms with Crippen LogP contribution in [0.4, 0.5) is 4.79 Å². The lowest BCUT2D eigenvalue weighted by Crippen LogP contribution is -2.59. The van der Waals surface area contributed by atoms with E-state index in [2.05, 4.69) is 20.1 Å². The molecule has 0 bridgehead atoms. The van der Waals surface area contributed by atoms with Crippen molar-refractivity contribution in [2.75, 3.05) is 6.54 Å². The van der Waals surface area contributed by atoms with Crippen molar-refractivity contribution in [1.82, 2.24) is 4.90 Å². The maximum Gasteiger partial charge on any atom is 0.410 e. The lowest BCUT2D eigenvalue weighted by Gasteiger charge is -2.45. The van der Waals surface area contributed by atoms with E-state index in [0.29, 0.717) is 12.8 Å². The molecule has 1 saturated heterocycles. The summed E-state index contributed by atoms with van der Waals surface area (Å²) in [6.07, 6.45) is -6.39. The molecule has 4 rings (SSSR count). The number of carboxylic acids is 1. The Balaban J connectivity index is 1.55. The van der Waals surface area contributed by atoms with Crippen LogP contribution >= 0.6 is 0 Å². The zero-order valence-corrected chi connectivity index (χ0v) is 25.7. The van der Waals surface area contributed by atoms with E-state index < -0.39 is 66.7 Å². The van der Waals surface area contributed by atoms with Crippen molar-refractivity contribution in [3.63, 3.8) is 0 Å². The highest BCUT2D eigenvalue weighted by atomic mass is 16.7. The highest BCUT2D eigenvalue weighted by molar-refractivity contribution is 5.68. The molecule has 250 valence electrons. The lowest BCUT2D eigenvalue weighted by atomic mass is 9.84. The average molecular weight is 652 g/mol. The third-order valence-electron chi connectivity index (χ3n) is 8.02. The fourth-order valence-corrected chi connectivity index (χ4v) is 5.85. The molecule has 1 heterocycles. The summed E-state index contributed by atoms with van der Waals surface area (Å²) in [4.78, 5) is 44.0. The van der Waals surface area contributed by atoms with Crippen LogP contribution in [-0.2, 0) is 41.7 Å². The zero-order chi connectivity index (χ0) is 33.8. The third kappa shape index (κ3) is 10.1. The Morgan fingerprint density at radius 1 is 0.957 bits per heavy atom. The van der Waals surface area contributed by atoms with Crippen molar-refractivity contribution in [3.8, 4) is 0 Å². The maximum atomic E-state index is 13.4. The monoisotopic (exact) mass is 651 g/mol. The molecular weight excluding hydrogens is 614 g/mol. The van der Waals surface area contributed by atoms with Crippen LogP contribution in [0.2, 0.25) is 0 Å². The SMILES string of the molecule is CC(=O)O[C@@H]1[C@@H](O)[C@H](O[C@H]2O[C@H](CN(Cc3ccccc3)C(=O)OCc3ccccc3)CC[C@@H]2CC(=O)O)[C@@H](N=[N+]=[N-])C[C@H]1N=[N+]=[N-]. The van der Waals surface area contributed by atoms with Gasteiger partial charge in [-0.1, -0.05) is 70.9 Å². The number of azide groups is 2. The van der Waals surface area contributed by atoms with Crippen LogP contribution in [0.25, 0.3) is 20.9 Å². The molecule has 16 heteroatoms. The molecule has 1 saturated carbocycles. The minimum atomic E-state index is -1.62. The first kappa shape index (κ1) is 35.0. The van der Waals surface area contributed by atoms with Gasteiger partial charge < -0.3 is 34.1 Å². The number of esters is 1. The molecule has 47 heavy (non-hydrogen) atoms. The van der Waals surface area contributed by atoms with E-state index >= 15 is 0 Å². The fourth-order valence-electron chi connectivity index (χ4n) is 5.85. The highest BCUT2D eigenvalue weighted by Crippen LogP contribution is 2.36. The average Bonchev–Trinajstić information content (AvgIpc) is 3.05. The molecule has 2 N–H and O–H groups in total. The molecule has 0 unspecified atom stereocenters. The number of benzene rings is 2. The van der Waals surface area contributed by atoms with Gasteiger partial charge in [0.15, 0.2) is 6.29 Å². The standard InChI is InChI=1S/C31H37N7O9/c1-19(39)45-28-24(34-36-32)15-25(35-37-33)29(27(28)42)47-30-22(14-26(40)41)12-13-23(46-30)17-38(16-20-8-4-2-5-9-20)31(43)44-18-21-10-6-3-7-11-21/h2-11,22-25,27-30,42H,12-18H2,1H3,(H,40,41)/t22-,23+,24-,25+,27-,28+,29-,30-/m1/s1. The van der Waals surface area contributed by atoms with Crippen molar-refractivity contribution in [2.24, 2.45) is 16.1 Å². The number of hydrogen-bond donors (Lipinski definition) is 2. The molecule has 0 radical (unpaired) electrons. The highest BCUT2D eigenvalue weighted by Gasteiger charge is 2.49. The molecule has 16 nitrogen and oxygen atoms in total. The van der Waals surface area contributed by atoms with E-state index in [0.717, 1.165) is 18.1 Å². The van der Waals surface area contributed by atoms with Crippen molar-refractivity contribution < 1.29 is 43.5 Å². The van der Waals surface area contributed by atoms with Gasteiger partial charge in [0.1, 0.15) is 18.8 Å². The maximum absolute atomic E-state index is 13.4. The summed E-state index contributed by atoms with van der Waals surface area (Å²) in [6, 6.07) is 16.4. The molecule has 1 aliphatic carbocycles. The zero-order valence-electron chi connectivity index (χ0n) is 25.7. The van der Waals surface area contributed by atoms with E-state index in [1.54, 1.807) is 0 Å². The lowest BCUT2D eigenvalue weighted by molar-refractivity contribution is -0.270. The Morgan fingerprint density at radius 2 is 1.57 bits per heavy atom. The van der Waals surface area contributed by atoms with Crippen molar-refractivity contribution in [3.05, 3.63) is 92.7 Å². The Bertz CT molecular complexity index is 1450. The minimum Gasteiger partial charge on any atom is -0.481 e. The fraction of sp³-hybridized carbons (Fsp3) is 0.516. The number of aliphatic hydroxyl groups excluding tert-OH is 1. The summed E-state index contributed by atoms with van der Waals surface area (Å²) in [5, 5.41) is 28.2. The first-order chi connectivity index (χ1) is 22.7. The van der Waals surface area contributed by atoms with Crippen molar-refractivity contribution in [2.45, 2.75) is 88.5 Å². The summed E-state index contributed by atoms with van der Waals surface area (Å²) in [6.45, 7) is 1.47. The Hall–Kier alpha value is -4.85. The Labute approximate surface area is 270 Å². The second-order valence-electron chi connectivity index (χ2n) is 11.4. The van der Waals surface area contributed by atoms with Crippen LogP contribution in [0.1, 0.15) is 43.7 Å². The smallest absolute Gasteiger partial charge is 0.410 e. The van der Waals surface area contributed by atoms with Gasteiger partial charge in [-0.2, -0.15) is 0 Å². The molecule has 0 spiro atoms. The molecule has 1 aliphatic heterocycles. The Kier molecular flexibility index (Phi) is 12.8. The largest absolute Gasteiger partial charge is 0.481 e. The van der Waals surface area contributed by atoms with E-state index in [9.17, 15) is 30.1 Å². The molecule has 2 aromatic rings. The summed E-state index contributed by atoms with van der Waals surface area (Å²) >= 11 is 0. The molecule has 1 amide bonds. The molecular formula is C31H37N7O9. The van der Waals surface area contributed by atoms with E-state index in [1.165, 1.54) is 4.90 Å². The van der Waals surface area contributed by atoms with Gasteiger partial charge in [0.2, 0.25) is 0 Å². The molecule has 0 aromatic heterocycles. The second kappa shape index (κ2) is 17.2. The van der Waals surface area contributed by atoms with Crippen LogP contribution in [0.5, 0.6) is 0 Å². The normalized spacial score (nSPS) is 26.9. The topological polar surface area (TPSA) is 229 Å². The Morgan fingerprint density at radius 3 is 2.17 bits per heavy atom. The number of rotatable bonds is 13. The number of aliphatic carboxylic acids is 1. The minimum absolute atomic E-state index is 0.0591. The van der Waals surface area contributed by atoms with E-state index in [1.807, 2.05) is 60.7 Å². The quantitative estimate of drug-likeness (QED) is 0.130.